The second kappa shape index (κ2) is 9.43. The normalized spacial score (nSPS) is 22.3. The lowest BCUT2D eigenvalue weighted by molar-refractivity contribution is 0.335. The number of benzene rings is 1. The van der Waals surface area contributed by atoms with Gasteiger partial charge in [-0.05, 0) is 44.2 Å². The van der Waals surface area contributed by atoms with Crippen molar-refractivity contribution in [2.24, 2.45) is 11.1 Å². The van der Waals surface area contributed by atoms with E-state index in [9.17, 15) is 13.7 Å². The van der Waals surface area contributed by atoms with Crippen LogP contribution in [-0.2, 0) is 14.4 Å². The molecule has 5 nitrogen and oxygen atoms in total. The Labute approximate surface area is 144 Å². The maximum Gasteiger partial charge on any atom is 0.358 e. The van der Waals surface area contributed by atoms with Gasteiger partial charge in [-0.15, -0.1) is 0 Å². The molecule has 0 saturated heterocycles. The van der Waals surface area contributed by atoms with Crippen molar-refractivity contribution < 1.29 is 12.7 Å². The van der Waals surface area contributed by atoms with E-state index in [4.69, 9.17) is 4.28 Å². The fourth-order valence-corrected chi connectivity index (χ4v) is 3.59. The van der Waals surface area contributed by atoms with E-state index in [0.29, 0.717) is 12.8 Å². The van der Waals surface area contributed by atoms with E-state index in [1.54, 1.807) is 18.2 Å². The zero-order valence-electron chi connectivity index (χ0n) is 13.9. The van der Waals surface area contributed by atoms with Crippen LogP contribution in [0.2, 0.25) is 0 Å². The molecule has 0 aliphatic heterocycles. The average molecular weight is 348 g/mol. The van der Waals surface area contributed by atoms with Crippen molar-refractivity contribution in [1.82, 2.24) is 0 Å². The average Bonchev–Trinajstić information content (AvgIpc) is 2.65. The van der Waals surface area contributed by atoms with Crippen molar-refractivity contribution in [2.75, 3.05) is 0 Å². The summed E-state index contributed by atoms with van der Waals surface area (Å²) < 4.78 is 29.2. The minimum Gasteiger partial charge on any atom is -0.265 e. The minimum atomic E-state index is -3.88. The first-order valence-electron chi connectivity index (χ1n) is 8.56. The molecular formula is C18H24N2O3S. The summed E-state index contributed by atoms with van der Waals surface area (Å²) >= 11 is 0. The second-order valence-electron chi connectivity index (χ2n) is 6.17. The molecule has 0 radical (unpaired) electrons. The van der Waals surface area contributed by atoms with Gasteiger partial charge in [-0.3, -0.25) is 4.28 Å². The number of nitriles is 1. The Morgan fingerprint density at radius 2 is 1.71 bits per heavy atom. The number of hydrogen-bond donors (Lipinski definition) is 0. The van der Waals surface area contributed by atoms with Crippen LogP contribution in [0.3, 0.4) is 0 Å². The molecule has 130 valence electrons. The molecule has 1 aromatic carbocycles. The highest BCUT2D eigenvalue weighted by atomic mass is 32.2. The summed E-state index contributed by atoms with van der Waals surface area (Å²) in [6.45, 7) is 0. The fourth-order valence-electron chi connectivity index (χ4n) is 2.81. The zero-order chi connectivity index (χ0) is 17.3. The quantitative estimate of drug-likeness (QED) is 0.758. The summed E-state index contributed by atoms with van der Waals surface area (Å²) in [7, 11) is -3.88. The van der Waals surface area contributed by atoms with Crippen molar-refractivity contribution in [1.29, 1.82) is 5.26 Å². The van der Waals surface area contributed by atoms with E-state index < -0.39 is 10.1 Å². The van der Waals surface area contributed by atoms with Gasteiger partial charge in [0.05, 0.1) is 11.8 Å². The number of oxime groups is 1. The van der Waals surface area contributed by atoms with Gasteiger partial charge in [0.1, 0.15) is 4.90 Å². The molecular weight excluding hydrogens is 324 g/mol. The summed E-state index contributed by atoms with van der Waals surface area (Å²) in [6, 6.07) is 10.4. The number of rotatable bonds is 3. The van der Waals surface area contributed by atoms with Gasteiger partial charge in [-0.2, -0.15) is 13.7 Å². The summed E-state index contributed by atoms with van der Waals surface area (Å²) in [6.07, 6.45) is 8.43. The van der Waals surface area contributed by atoms with E-state index in [2.05, 4.69) is 11.2 Å². The molecule has 1 aliphatic rings. The lowest BCUT2D eigenvalue weighted by Crippen LogP contribution is -2.08. The Kier molecular flexibility index (Phi) is 7.26. The largest absolute Gasteiger partial charge is 0.358 e. The van der Waals surface area contributed by atoms with Crippen molar-refractivity contribution in [3.63, 3.8) is 0 Å². The van der Waals surface area contributed by atoms with Crippen molar-refractivity contribution in [3.05, 3.63) is 30.3 Å². The van der Waals surface area contributed by atoms with E-state index in [0.717, 1.165) is 50.7 Å². The van der Waals surface area contributed by atoms with Gasteiger partial charge < -0.3 is 0 Å². The van der Waals surface area contributed by atoms with Crippen LogP contribution in [-0.4, -0.2) is 14.1 Å². The SMILES string of the molecule is N#CC1CCCCCCC/C(=N\OS(=O)(=O)c2ccccc2)CC1. The van der Waals surface area contributed by atoms with Crippen LogP contribution in [0.4, 0.5) is 0 Å². The molecule has 1 aromatic rings. The first-order chi connectivity index (χ1) is 11.6. The summed E-state index contributed by atoms with van der Waals surface area (Å²) in [5.41, 5.74) is 0.733. The van der Waals surface area contributed by atoms with Crippen LogP contribution < -0.4 is 0 Å². The van der Waals surface area contributed by atoms with Gasteiger partial charge in [-0.25, -0.2) is 0 Å². The van der Waals surface area contributed by atoms with Crippen LogP contribution in [0.5, 0.6) is 0 Å². The third kappa shape index (κ3) is 5.97. The Balaban J connectivity index is 2.05. The Morgan fingerprint density at radius 3 is 2.46 bits per heavy atom. The molecule has 1 unspecified atom stereocenters. The van der Waals surface area contributed by atoms with Crippen molar-refractivity contribution in [3.8, 4) is 6.07 Å². The topological polar surface area (TPSA) is 79.5 Å². The molecule has 0 spiro atoms. The standard InChI is InChI=1S/C18H24N2O3S/c19-15-16-9-5-2-1-3-6-10-17(14-13-16)20-23-24(21,22)18-11-7-4-8-12-18/h4,7-8,11-12,16H,1-3,5-6,9-10,13-14H2/b20-17+. The van der Waals surface area contributed by atoms with E-state index in [1.165, 1.54) is 12.1 Å². The molecule has 1 aliphatic carbocycles. The minimum absolute atomic E-state index is 0.0130. The van der Waals surface area contributed by atoms with E-state index >= 15 is 0 Å². The Hall–Kier alpha value is -1.87. The Bertz CT molecular complexity index is 678. The first-order valence-corrected chi connectivity index (χ1v) is 9.97. The zero-order valence-corrected chi connectivity index (χ0v) is 14.7. The molecule has 24 heavy (non-hydrogen) atoms. The predicted molar refractivity (Wildman–Crippen MR) is 92.8 cm³/mol. The van der Waals surface area contributed by atoms with Crippen LogP contribution >= 0.6 is 0 Å². The molecule has 6 heteroatoms. The lowest BCUT2D eigenvalue weighted by atomic mass is 9.96. The number of nitrogens with zero attached hydrogens (tertiary/aromatic N) is 2. The first kappa shape index (κ1) is 18.5. The van der Waals surface area contributed by atoms with Crippen LogP contribution in [0.15, 0.2) is 40.4 Å². The Morgan fingerprint density at radius 1 is 1.00 bits per heavy atom. The highest BCUT2D eigenvalue weighted by molar-refractivity contribution is 7.86. The molecule has 0 amide bonds. The monoisotopic (exact) mass is 348 g/mol. The van der Waals surface area contributed by atoms with Gasteiger partial charge in [-0.1, -0.05) is 49.0 Å². The van der Waals surface area contributed by atoms with Crippen LogP contribution in [0.1, 0.15) is 57.8 Å². The molecule has 0 heterocycles. The van der Waals surface area contributed by atoms with Gasteiger partial charge in [0.25, 0.3) is 0 Å². The predicted octanol–water partition coefficient (Wildman–Crippen LogP) is 4.41. The third-order valence-electron chi connectivity index (χ3n) is 4.28. The van der Waals surface area contributed by atoms with Gasteiger partial charge >= 0.3 is 10.1 Å². The van der Waals surface area contributed by atoms with Crippen molar-refractivity contribution in [2.45, 2.75) is 62.7 Å². The maximum absolute atomic E-state index is 12.1. The highest BCUT2D eigenvalue weighted by Gasteiger charge is 2.16. The van der Waals surface area contributed by atoms with Gasteiger partial charge in [0.2, 0.25) is 0 Å². The number of hydrogen-bond acceptors (Lipinski definition) is 5. The maximum atomic E-state index is 12.1. The molecule has 1 saturated carbocycles. The van der Waals surface area contributed by atoms with E-state index in [-0.39, 0.29) is 10.8 Å². The van der Waals surface area contributed by atoms with E-state index in [1.807, 2.05) is 0 Å². The molecule has 0 aromatic heterocycles. The summed E-state index contributed by atoms with van der Waals surface area (Å²) in [5.74, 6) is 0.0130. The highest BCUT2D eigenvalue weighted by Crippen LogP contribution is 2.20. The molecule has 2 rings (SSSR count). The molecule has 0 bridgehead atoms. The molecule has 0 N–H and O–H groups in total. The van der Waals surface area contributed by atoms with Gasteiger partial charge in [0, 0.05) is 5.92 Å². The van der Waals surface area contributed by atoms with Gasteiger partial charge in [0.15, 0.2) is 0 Å². The summed E-state index contributed by atoms with van der Waals surface area (Å²) in [4.78, 5) is 0.0981. The van der Waals surface area contributed by atoms with Crippen molar-refractivity contribution >= 4 is 15.8 Å². The molecule has 1 fully saturated rings. The van der Waals surface area contributed by atoms with Crippen LogP contribution in [0, 0.1) is 17.2 Å². The lowest BCUT2D eigenvalue weighted by Gasteiger charge is -2.09. The fraction of sp³-hybridized carbons (Fsp3) is 0.556. The molecule has 1 atom stereocenters. The third-order valence-corrected chi connectivity index (χ3v) is 5.40. The second-order valence-corrected chi connectivity index (χ2v) is 7.70. The summed E-state index contributed by atoms with van der Waals surface area (Å²) in [5, 5.41) is 13.1. The smallest absolute Gasteiger partial charge is 0.265 e. The van der Waals surface area contributed by atoms with Crippen LogP contribution in [0.25, 0.3) is 0 Å².